The third-order valence-corrected chi connectivity index (χ3v) is 3.81. The van der Waals surface area contributed by atoms with Gasteiger partial charge in [-0.1, -0.05) is 13.8 Å². The van der Waals surface area contributed by atoms with E-state index < -0.39 is 0 Å². The van der Waals surface area contributed by atoms with Crippen LogP contribution in [0.5, 0.6) is 0 Å². The van der Waals surface area contributed by atoms with Crippen LogP contribution >= 0.6 is 0 Å². The van der Waals surface area contributed by atoms with Crippen molar-refractivity contribution in [1.29, 1.82) is 0 Å². The lowest BCUT2D eigenvalue weighted by Crippen LogP contribution is -2.22. The normalized spacial score (nSPS) is 17.6. The zero-order valence-corrected chi connectivity index (χ0v) is 10.5. The molecule has 1 aromatic heterocycles. The fourth-order valence-corrected chi connectivity index (χ4v) is 1.91. The van der Waals surface area contributed by atoms with Crippen LogP contribution in [0.3, 0.4) is 0 Å². The molecule has 1 aliphatic rings. The van der Waals surface area contributed by atoms with Gasteiger partial charge in [-0.3, -0.25) is 0 Å². The van der Waals surface area contributed by atoms with Crippen molar-refractivity contribution in [2.24, 2.45) is 11.3 Å². The molecule has 1 N–H and O–H groups in total. The molecule has 0 unspecified atom stereocenters. The first-order chi connectivity index (χ1) is 7.53. The molecule has 0 bridgehead atoms. The van der Waals surface area contributed by atoms with Gasteiger partial charge >= 0.3 is 0 Å². The van der Waals surface area contributed by atoms with Gasteiger partial charge in [0.1, 0.15) is 0 Å². The third-order valence-electron chi connectivity index (χ3n) is 3.81. The van der Waals surface area contributed by atoms with Gasteiger partial charge in [0.25, 0.3) is 0 Å². The van der Waals surface area contributed by atoms with Gasteiger partial charge in [0.2, 0.25) is 5.95 Å². The van der Waals surface area contributed by atoms with Gasteiger partial charge in [-0.25, -0.2) is 4.98 Å². The second-order valence-electron chi connectivity index (χ2n) is 5.18. The molecule has 1 heterocycles. The van der Waals surface area contributed by atoms with Crippen LogP contribution < -0.4 is 5.32 Å². The van der Waals surface area contributed by atoms with Gasteiger partial charge in [0.05, 0.1) is 11.4 Å². The average molecular weight is 220 g/mol. The van der Waals surface area contributed by atoms with Gasteiger partial charge in [-0.15, -0.1) is 5.10 Å². The Morgan fingerprint density at radius 3 is 2.38 bits per heavy atom. The molecule has 0 radical (unpaired) electrons. The molecule has 0 saturated heterocycles. The van der Waals surface area contributed by atoms with E-state index in [4.69, 9.17) is 0 Å². The topological polar surface area (TPSA) is 50.7 Å². The average Bonchev–Trinajstić information content (AvgIpc) is 3.01. The van der Waals surface area contributed by atoms with Crippen molar-refractivity contribution in [3.05, 3.63) is 11.4 Å². The molecule has 88 valence electrons. The van der Waals surface area contributed by atoms with Crippen molar-refractivity contribution < 1.29 is 0 Å². The van der Waals surface area contributed by atoms with Crippen molar-refractivity contribution in [2.45, 2.75) is 40.5 Å². The van der Waals surface area contributed by atoms with Crippen molar-refractivity contribution in [3.8, 4) is 0 Å². The summed E-state index contributed by atoms with van der Waals surface area (Å²) in [6.07, 6.45) is 2.63. The molecule has 1 aromatic rings. The van der Waals surface area contributed by atoms with Crippen LogP contribution in [0.25, 0.3) is 0 Å². The Morgan fingerprint density at radius 1 is 1.19 bits per heavy atom. The van der Waals surface area contributed by atoms with Gasteiger partial charge in [0.15, 0.2) is 0 Å². The molecule has 0 aromatic carbocycles. The second-order valence-corrected chi connectivity index (χ2v) is 5.18. The third kappa shape index (κ3) is 2.15. The highest BCUT2D eigenvalue weighted by atomic mass is 15.2. The zero-order valence-electron chi connectivity index (χ0n) is 10.5. The second kappa shape index (κ2) is 4.00. The molecule has 1 saturated carbocycles. The Balaban J connectivity index is 1.97. The Kier molecular flexibility index (Phi) is 2.82. The first kappa shape index (κ1) is 11.3. The lowest BCUT2D eigenvalue weighted by molar-refractivity contribution is 0.379. The number of rotatable bonds is 4. The van der Waals surface area contributed by atoms with Crippen LogP contribution in [0.2, 0.25) is 0 Å². The minimum Gasteiger partial charge on any atom is -0.352 e. The summed E-state index contributed by atoms with van der Waals surface area (Å²) in [5, 5.41) is 11.4. The Bertz CT molecular complexity index is 383. The zero-order chi connectivity index (χ0) is 11.8. The number of hydrogen-bond donors (Lipinski definition) is 1. The van der Waals surface area contributed by atoms with E-state index in [-0.39, 0.29) is 0 Å². The molecule has 16 heavy (non-hydrogen) atoms. The molecule has 4 heteroatoms. The first-order valence-electron chi connectivity index (χ1n) is 5.95. The first-order valence-corrected chi connectivity index (χ1v) is 5.95. The molecule has 4 nitrogen and oxygen atoms in total. The van der Waals surface area contributed by atoms with Crippen LogP contribution in [-0.4, -0.2) is 21.7 Å². The summed E-state index contributed by atoms with van der Waals surface area (Å²) in [6.45, 7) is 9.43. The summed E-state index contributed by atoms with van der Waals surface area (Å²) in [5.74, 6) is 1.38. The van der Waals surface area contributed by atoms with E-state index >= 15 is 0 Å². The lowest BCUT2D eigenvalue weighted by Gasteiger charge is -2.19. The largest absolute Gasteiger partial charge is 0.352 e. The van der Waals surface area contributed by atoms with Crippen LogP contribution in [0, 0.1) is 25.2 Å². The van der Waals surface area contributed by atoms with E-state index in [1.54, 1.807) is 0 Å². The SMILES string of the molecule is Cc1nnc(NCC2(C(C)C)CC2)nc1C. The number of aromatic nitrogens is 3. The lowest BCUT2D eigenvalue weighted by atomic mass is 9.92. The minimum absolute atomic E-state index is 0.474. The molecule has 2 rings (SSSR count). The fourth-order valence-electron chi connectivity index (χ4n) is 1.91. The summed E-state index contributed by atoms with van der Waals surface area (Å²) in [5.41, 5.74) is 2.32. The highest BCUT2D eigenvalue weighted by molar-refractivity contribution is 5.26. The van der Waals surface area contributed by atoms with Crippen molar-refractivity contribution >= 4 is 5.95 Å². The molecule has 1 fully saturated rings. The van der Waals surface area contributed by atoms with Gasteiger partial charge in [-0.2, -0.15) is 5.10 Å². The molecule has 0 amide bonds. The van der Waals surface area contributed by atoms with Gasteiger partial charge in [-0.05, 0) is 38.0 Å². The molecule has 0 spiro atoms. The summed E-state index contributed by atoms with van der Waals surface area (Å²) in [7, 11) is 0. The highest BCUT2D eigenvalue weighted by Gasteiger charge is 2.45. The maximum Gasteiger partial charge on any atom is 0.242 e. The van der Waals surface area contributed by atoms with Gasteiger partial charge < -0.3 is 5.32 Å². The van der Waals surface area contributed by atoms with Crippen molar-refractivity contribution in [3.63, 3.8) is 0 Å². The monoisotopic (exact) mass is 220 g/mol. The van der Waals surface area contributed by atoms with Gasteiger partial charge in [0, 0.05) is 6.54 Å². The number of nitrogens with zero attached hydrogens (tertiary/aromatic N) is 3. The van der Waals surface area contributed by atoms with E-state index in [1.807, 2.05) is 13.8 Å². The summed E-state index contributed by atoms with van der Waals surface area (Å²) in [4.78, 5) is 4.38. The molecule has 0 atom stereocenters. The van der Waals surface area contributed by atoms with Crippen molar-refractivity contribution in [1.82, 2.24) is 15.2 Å². The fraction of sp³-hybridized carbons (Fsp3) is 0.750. The number of hydrogen-bond acceptors (Lipinski definition) is 4. The number of anilines is 1. The van der Waals surface area contributed by atoms with Crippen LogP contribution in [-0.2, 0) is 0 Å². The summed E-state index contributed by atoms with van der Waals surface area (Å²) < 4.78 is 0. The van der Waals surface area contributed by atoms with Crippen LogP contribution in [0.1, 0.15) is 38.1 Å². The Hall–Kier alpha value is -1.19. The smallest absolute Gasteiger partial charge is 0.242 e. The van der Waals surface area contributed by atoms with E-state index in [2.05, 4.69) is 34.3 Å². The molecular formula is C12H20N4. The Morgan fingerprint density at radius 2 is 1.88 bits per heavy atom. The summed E-state index contributed by atoms with van der Waals surface area (Å²) in [6, 6.07) is 0. The van der Waals surface area contributed by atoms with Crippen molar-refractivity contribution in [2.75, 3.05) is 11.9 Å². The molecule has 1 aliphatic carbocycles. The van der Waals surface area contributed by atoms with E-state index in [1.165, 1.54) is 12.8 Å². The summed E-state index contributed by atoms with van der Waals surface area (Å²) >= 11 is 0. The molecular weight excluding hydrogens is 200 g/mol. The predicted molar refractivity (Wildman–Crippen MR) is 64.3 cm³/mol. The molecule has 0 aliphatic heterocycles. The maximum absolute atomic E-state index is 4.38. The van der Waals surface area contributed by atoms with Crippen LogP contribution in [0.15, 0.2) is 0 Å². The maximum atomic E-state index is 4.38. The van der Waals surface area contributed by atoms with E-state index in [9.17, 15) is 0 Å². The number of nitrogens with one attached hydrogen (secondary N) is 1. The highest BCUT2D eigenvalue weighted by Crippen LogP contribution is 2.51. The van der Waals surface area contributed by atoms with Crippen LogP contribution in [0.4, 0.5) is 5.95 Å². The van der Waals surface area contributed by atoms with E-state index in [0.717, 1.165) is 23.9 Å². The van der Waals surface area contributed by atoms with E-state index in [0.29, 0.717) is 11.4 Å². The standard InChI is InChI=1S/C12H20N4/c1-8(2)12(5-6-12)7-13-11-14-9(3)10(4)15-16-11/h8H,5-7H2,1-4H3,(H,13,14,16). The minimum atomic E-state index is 0.474. The number of aryl methyl sites for hydroxylation is 2. The quantitative estimate of drug-likeness (QED) is 0.846. The predicted octanol–water partition coefficient (Wildman–Crippen LogP) is 2.34. The Labute approximate surface area is 96.9 Å².